The third-order valence-electron chi connectivity index (χ3n) is 7.54. The monoisotopic (exact) mass is 479 g/mol. The van der Waals surface area contributed by atoms with E-state index in [2.05, 4.69) is 20.2 Å². The van der Waals surface area contributed by atoms with Crippen molar-refractivity contribution in [2.75, 3.05) is 19.6 Å². The second-order valence-electron chi connectivity index (χ2n) is 9.66. The average Bonchev–Trinajstić information content (AvgIpc) is 2.88. The third kappa shape index (κ3) is 5.11. The van der Waals surface area contributed by atoms with Gasteiger partial charge in [-0.1, -0.05) is 12.1 Å². The molecule has 3 aromatic rings. The van der Waals surface area contributed by atoms with Crippen molar-refractivity contribution in [1.82, 2.24) is 20.2 Å². The molecule has 0 amide bonds. The first-order chi connectivity index (χ1) is 17.0. The number of hydrogen-bond donors (Lipinski definition) is 2. The van der Waals surface area contributed by atoms with Gasteiger partial charge in [0.1, 0.15) is 11.6 Å². The molecule has 0 spiro atoms. The lowest BCUT2D eigenvalue weighted by Crippen LogP contribution is -2.48. The zero-order valence-electron chi connectivity index (χ0n) is 19.6. The maximum Gasteiger partial charge on any atom is 0.272 e. The normalized spacial score (nSPS) is 21.9. The zero-order valence-corrected chi connectivity index (χ0v) is 19.6. The highest BCUT2D eigenvalue weighted by Crippen LogP contribution is 2.40. The summed E-state index contributed by atoms with van der Waals surface area (Å²) < 4.78 is 15.1. The highest BCUT2D eigenvalue weighted by atomic mass is 19.1. The van der Waals surface area contributed by atoms with Gasteiger partial charge in [0.15, 0.2) is 0 Å². The maximum absolute atomic E-state index is 15.1. The molecule has 2 fully saturated rings. The Morgan fingerprint density at radius 2 is 1.94 bits per heavy atom. The van der Waals surface area contributed by atoms with E-state index in [0.717, 1.165) is 57.8 Å². The minimum absolute atomic E-state index is 0.124. The van der Waals surface area contributed by atoms with Crippen LogP contribution in [0.15, 0.2) is 47.3 Å². The van der Waals surface area contributed by atoms with Gasteiger partial charge in [-0.2, -0.15) is 0 Å². The number of non-ortho nitro benzene ring substituents is 1. The molecule has 0 aliphatic carbocycles. The molecule has 184 valence electrons. The minimum atomic E-state index is -0.557. The molecule has 9 heteroatoms. The first kappa shape index (κ1) is 23.6. The van der Waals surface area contributed by atoms with Crippen LogP contribution in [-0.4, -0.2) is 45.5 Å². The Morgan fingerprint density at radius 1 is 1.14 bits per heavy atom. The Hall–Kier alpha value is -3.17. The van der Waals surface area contributed by atoms with Crippen molar-refractivity contribution in [2.45, 2.75) is 50.6 Å². The van der Waals surface area contributed by atoms with Crippen LogP contribution in [0.1, 0.15) is 49.5 Å². The number of halogens is 1. The number of nitro groups is 1. The molecule has 2 aliphatic rings. The number of nitro benzene ring substituents is 1. The van der Waals surface area contributed by atoms with Crippen LogP contribution in [0.3, 0.4) is 0 Å². The van der Waals surface area contributed by atoms with Gasteiger partial charge in [0.2, 0.25) is 0 Å². The van der Waals surface area contributed by atoms with E-state index in [4.69, 9.17) is 0 Å². The Kier molecular flexibility index (Phi) is 6.88. The smallest absolute Gasteiger partial charge is 0.272 e. The van der Waals surface area contributed by atoms with E-state index in [1.165, 1.54) is 6.07 Å². The van der Waals surface area contributed by atoms with Crippen LogP contribution in [0.4, 0.5) is 10.1 Å². The molecule has 0 radical (unpaired) electrons. The van der Waals surface area contributed by atoms with Gasteiger partial charge >= 0.3 is 0 Å². The van der Waals surface area contributed by atoms with Crippen LogP contribution in [0.25, 0.3) is 10.9 Å². The van der Waals surface area contributed by atoms with E-state index < -0.39 is 10.7 Å². The summed E-state index contributed by atoms with van der Waals surface area (Å²) in [7, 11) is 0. The van der Waals surface area contributed by atoms with Gasteiger partial charge in [0.05, 0.1) is 21.9 Å². The second-order valence-corrected chi connectivity index (χ2v) is 9.66. The number of rotatable bonds is 6. The van der Waals surface area contributed by atoms with Gasteiger partial charge in [-0.25, -0.2) is 9.37 Å². The number of hydrogen-bond acceptors (Lipinski definition) is 6. The van der Waals surface area contributed by atoms with Crippen molar-refractivity contribution in [3.05, 3.63) is 80.1 Å². The molecule has 2 saturated heterocycles. The van der Waals surface area contributed by atoms with Crippen LogP contribution >= 0.6 is 0 Å². The van der Waals surface area contributed by atoms with Crippen molar-refractivity contribution in [3.8, 4) is 0 Å². The Labute approximate surface area is 202 Å². The minimum Gasteiger partial charge on any atom is -0.317 e. The Bertz CT molecular complexity index is 1270. The SMILES string of the molecule is O=c1[nH]c(CCC2CCN(C3CCNCC3)C(c3ccc([N+](=O)[O-])cc3F)C2)nc2ccccc12. The largest absolute Gasteiger partial charge is 0.317 e. The molecule has 2 aromatic carbocycles. The number of H-pyrrole nitrogens is 1. The van der Waals surface area contributed by atoms with E-state index in [0.29, 0.717) is 40.7 Å². The first-order valence-electron chi connectivity index (χ1n) is 12.4. The number of benzene rings is 2. The summed E-state index contributed by atoms with van der Waals surface area (Å²) >= 11 is 0. The molecule has 0 bridgehead atoms. The maximum atomic E-state index is 15.1. The molecule has 2 N–H and O–H groups in total. The van der Waals surface area contributed by atoms with Crippen molar-refractivity contribution < 1.29 is 9.31 Å². The first-order valence-corrected chi connectivity index (χ1v) is 12.4. The van der Waals surface area contributed by atoms with E-state index in [9.17, 15) is 14.9 Å². The van der Waals surface area contributed by atoms with Crippen LogP contribution in [-0.2, 0) is 6.42 Å². The van der Waals surface area contributed by atoms with Gasteiger partial charge in [-0.3, -0.25) is 19.8 Å². The molecule has 3 heterocycles. The predicted molar refractivity (Wildman–Crippen MR) is 132 cm³/mol. The van der Waals surface area contributed by atoms with Gasteiger partial charge in [0.25, 0.3) is 11.2 Å². The van der Waals surface area contributed by atoms with E-state index >= 15 is 4.39 Å². The van der Waals surface area contributed by atoms with E-state index in [1.807, 2.05) is 18.2 Å². The molecule has 5 rings (SSSR count). The van der Waals surface area contributed by atoms with Crippen LogP contribution in [0, 0.1) is 21.8 Å². The number of aromatic nitrogens is 2. The molecule has 2 aliphatic heterocycles. The number of likely N-dealkylation sites (tertiary alicyclic amines) is 1. The number of piperidine rings is 2. The van der Waals surface area contributed by atoms with Gasteiger partial charge in [-0.15, -0.1) is 0 Å². The molecule has 2 atom stereocenters. The highest BCUT2D eigenvalue weighted by molar-refractivity contribution is 5.77. The summed E-state index contributed by atoms with van der Waals surface area (Å²) in [5.41, 5.74) is 0.879. The molecule has 0 saturated carbocycles. The number of para-hydroxylation sites is 1. The Balaban J connectivity index is 1.35. The highest BCUT2D eigenvalue weighted by Gasteiger charge is 2.36. The van der Waals surface area contributed by atoms with Crippen LogP contribution in [0.2, 0.25) is 0 Å². The standard InChI is InChI=1S/C26H30FN5O3/c27-22-16-19(32(34)35)6-7-20(22)24-15-17(11-14-31(24)18-9-12-28-13-10-18)5-8-25-29-23-4-2-1-3-21(23)26(33)30-25/h1-4,6-7,16-18,24,28H,5,8-15H2,(H,29,30,33). The number of fused-ring (bicyclic) bond motifs is 1. The van der Waals surface area contributed by atoms with Gasteiger partial charge in [0, 0.05) is 30.1 Å². The topological polar surface area (TPSA) is 104 Å². The van der Waals surface area contributed by atoms with E-state index in [1.54, 1.807) is 12.1 Å². The summed E-state index contributed by atoms with van der Waals surface area (Å²) in [6.45, 7) is 2.75. The number of aromatic amines is 1. The van der Waals surface area contributed by atoms with Crippen molar-refractivity contribution in [3.63, 3.8) is 0 Å². The van der Waals surface area contributed by atoms with Crippen molar-refractivity contribution in [2.24, 2.45) is 5.92 Å². The van der Waals surface area contributed by atoms with Gasteiger partial charge in [-0.05, 0) is 75.9 Å². The lowest BCUT2D eigenvalue weighted by Gasteiger charge is -2.45. The summed E-state index contributed by atoms with van der Waals surface area (Å²) in [5.74, 6) is 0.501. The zero-order chi connectivity index (χ0) is 24.4. The summed E-state index contributed by atoms with van der Waals surface area (Å²) in [5, 5.41) is 15.1. The quantitative estimate of drug-likeness (QED) is 0.407. The molecule has 35 heavy (non-hydrogen) atoms. The van der Waals surface area contributed by atoms with Crippen LogP contribution in [0.5, 0.6) is 0 Å². The number of nitrogens with one attached hydrogen (secondary N) is 2. The van der Waals surface area contributed by atoms with Crippen molar-refractivity contribution in [1.29, 1.82) is 0 Å². The predicted octanol–water partition coefficient (Wildman–Crippen LogP) is 4.11. The number of aryl methyl sites for hydroxylation is 1. The second kappa shape index (κ2) is 10.2. The number of nitrogens with zero attached hydrogens (tertiary/aromatic N) is 3. The van der Waals surface area contributed by atoms with E-state index in [-0.39, 0.29) is 17.3 Å². The molecule has 1 aromatic heterocycles. The molecule has 2 unspecified atom stereocenters. The lowest BCUT2D eigenvalue weighted by atomic mass is 9.82. The van der Waals surface area contributed by atoms with Crippen LogP contribution < -0.4 is 10.9 Å². The van der Waals surface area contributed by atoms with Crippen molar-refractivity contribution >= 4 is 16.6 Å². The molecular formula is C26H30FN5O3. The summed E-state index contributed by atoms with van der Waals surface area (Å²) in [4.78, 5) is 32.9. The summed E-state index contributed by atoms with van der Waals surface area (Å²) in [6, 6.07) is 11.6. The molecular weight excluding hydrogens is 449 g/mol. The fraction of sp³-hybridized carbons (Fsp3) is 0.462. The van der Waals surface area contributed by atoms with Gasteiger partial charge < -0.3 is 10.3 Å². The summed E-state index contributed by atoms with van der Waals surface area (Å²) in [6.07, 6.45) is 5.28. The average molecular weight is 480 g/mol. The lowest BCUT2D eigenvalue weighted by molar-refractivity contribution is -0.385. The molecule has 8 nitrogen and oxygen atoms in total. The Morgan fingerprint density at radius 3 is 2.71 bits per heavy atom. The fourth-order valence-electron chi connectivity index (χ4n) is 5.69. The third-order valence-corrected chi connectivity index (χ3v) is 7.54. The fourth-order valence-corrected chi connectivity index (χ4v) is 5.69.